The molecule has 2 aromatic rings. The first kappa shape index (κ1) is 36.4. The lowest BCUT2D eigenvalue weighted by atomic mass is 9.96. The summed E-state index contributed by atoms with van der Waals surface area (Å²) in [6.07, 6.45) is 6.01. The molecule has 6 rings (SSSR count). The minimum atomic E-state index is -3.89. The van der Waals surface area contributed by atoms with Gasteiger partial charge in [0.05, 0.1) is 18.9 Å². The molecule has 1 aliphatic heterocycles. The SMILES string of the molecule is C=C[C@@H]1C[C@]1(NC(=O)[C@@H]1C[C@@H](Oc2nccc3cc(OC)ccc23)CN1C(=O)C(NC(=O)OC(C)(C)C)C1CCCC1)C(=O)NS(=O)(=O)C1CC1. The van der Waals surface area contributed by atoms with E-state index in [2.05, 4.69) is 26.9 Å². The van der Waals surface area contributed by atoms with E-state index >= 15 is 0 Å². The van der Waals surface area contributed by atoms with Gasteiger partial charge in [-0.3, -0.25) is 19.1 Å². The lowest BCUT2D eigenvalue weighted by Crippen LogP contribution is -2.59. The Bertz CT molecular complexity index is 1820. The van der Waals surface area contributed by atoms with E-state index in [1.807, 2.05) is 18.2 Å². The quantitative estimate of drug-likeness (QED) is 0.275. The molecule has 1 saturated heterocycles. The molecule has 4 aliphatic rings. The van der Waals surface area contributed by atoms with Crippen LogP contribution >= 0.6 is 0 Å². The molecule has 4 fully saturated rings. The summed E-state index contributed by atoms with van der Waals surface area (Å²) in [7, 11) is -2.31. The number of fused-ring (bicyclic) bond motifs is 1. The number of amides is 4. The summed E-state index contributed by atoms with van der Waals surface area (Å²) in [5.41, 5.74) is -2.34. The molecule has 4 amide bonds. The van der Waals surface area contributed by atoms with Gasteiger partial charge in [-0.15, -0.1) is 6.58 Å². The lowest BCUT2D eigenvalue weighted by molar-refractivity contribution is -0.142. The van der Waals surface area contributed by atoms with Crippen LogP contribution in [0.5, 0.6) is 11.6 Å². The van der Waals surface area contributed by atoms with E-state index in [9.17, 15) is 27.6 Å². The van der Waals surface area contributed by atoms with Gasteiger partial charge in [0.25, 0.3) is 5.91 Å². The molecule has 3 saturated carbocycles. The Morgan fingerprint density at radius 2 is 1.82 bits per heavy atom. The summed E-state index contributed by atoms with van der Waals surface area (Å²) in [5, 5.41) is 6.49. The van der Waals surface area contributed by atoms with Crippen LogP contribution in [0.1, 0.15) is 72.1 Å². The smallest absolute Gasteiger partial charge is 0.408 e. The average Bonchev–Trinajstić information content (AvgIpc) is 3.95. The fourth-order valence-electron chi connectivity index (χ4n) is 7.19. The van der Waals surface area contributed by atoms with E-state index in [1.165, 1.54) is 11.0 Å². The van der Waals surface area contributed by atoms with Crippen molar-refractivity contribution in [3.63, 3.8) is 0 Å². The van der Waals surface area contributed by atoms with Gasteiger partial charge in [-0.2, -0.15) is 0 Å². The number of methoxy groups -OCH3 is 1. The van der Waals surface area contributed by atoms with Crippen molar-refractivity contribution < 1.29 is 41.8 Å². The molecule has 1 aromatic carbocycles. The predicted octanol–water partition coefficient (Wildman–Crippen LogP) is 3.34. The third-order valence-electron chi connectivity index (χ3n) is 10.1. The van der Waals surface area contributed by atoms with Gasteiger partial charge in [0.15, 0.2) is 0 Å². The van der Waals surface area contributed by atoms with Crippen molar-refractivity contribution in [2.75, 3.05) is 13.7 Å². The van der Waals surface area contributed by atoms with E-state index in [-0.39, 0.29) is 25.3 Å². The summed E-state index contributed by atoms with van der Waals surface area (Å²) >= 11 is 0. The number of ether oxygens (including phenoxy) is 3. The minimum absolute atomic E-state index is 0.00942. The molecule has 3 aliphatic carbocycles. The number of alkyl carbamates (subject to hydrolysis) is 1. The van der Waals surface area contributed by atoms with Gasteiger partial charge < -0.3 is 29.7 Å². The Hall–Kier alpha value is -4.40. The van der Waals surface area contributed by atoms with E-state index in [4.69, 9.17) is 14.2 Å². The second-order valence-electron chi connectivity index (χ2n) is 15.0. The Labute approximate surface area is 298 Å². The average molecular weight is 726 g/mol. The fraction of sp³-hybridized carbons (Fsp3) is 0.583. The Morgan fingerprint density at radius 3 is 2.45 bits per heavy atom. The lowest BCUT2D eigenvalue weighted by Gasteiger charge is -2.32. The zero-order chi connectivity index (χ0) is 36.7. The molecule has 51 heavy (non-hydrogen) atoms. The highest BCUT2D eigenvalue weighted by molar-refractivity contribution is 7.91. The normalized spacial score (nSPS) is 25.5. The van der Waals surface area contributed by atoms with Crippen LogP contribution in [0, 0.1) is 11.8 Å². The maximum absolute atomic E-state index is 14.6. The summed E-state index contributed by atoms with van der Waals surface area (Å²) in [6, 6.07) is 5.18. The van der Waals surface area contributed by atoms with Crippen molar-refractivity contribution in [1.29, 1.82) is 0 Å². The number of carbonyl (C=O) groups is 4. The topological polar surface area (TPSA) is 182 Å². The van der Waals surface area contributed by atoms with Crippen molar-refractivity contribution in [3.8, 4) is 11.6 Å². The molecule has 3 N–H and O–H groups in total. The first-order chi connectivity index (χ1) is 24.1. The number of benzene rings is 1. The van der Waals surface area contributed by atoms with E-state index < -0.39 is 74.3 Å². The second kappa shape index (κ2) is 14.0. The molecular formula is C36H47N5O9S. The molecule has 15 heteroatoms. The van der Waals surface area contributed by atoms with Crippen LogP contribution in [-0.2, 0) is 29.1 Å². The first-order valence-electron chi connectivity index (χ1n) is 17.5. The zero-order valence-corrected chi connectivity index (χ0v) is 30.3. The highest BCUT2D eigenvalue weighted by Crippen LogP contribution is 2.45. The predicted molar refractivity (Wildman–Crippen MR) is 187 cm³/mol. The van der Waals surface area contributed by atoms with Crippen molar-refractivity contribution >= 4 is 44.6 Å². The van der Waals surface area contributed by atoms with E-state index in [0.717, 1.165) is 18.2 Å². The minimum Gasteiger partial charge on any atom is -0.497 e. The fourth-order valence-corrected chi connectivity index (χ4v) is 8.55. The van der Waals surface area contributed by atoms with Crippen LogP contribution in [-0.4, -0.2) is 90.3 Å². The number of pyridine rings is 1. The van der Waals surface area contributed by atoms with Crippen molar-refractivity contribution in [1.82, 2.24) is 25.2 Å². The van der Waals surface area contributed by atoms with Gasteiger partial charge in [-0.25, -0.2) is 18.2 Å². The molecule has 1 unspecified atom stereocenters. The molecule has 276 valence electrons. The molecule has 1 aromatic heterocycles. The highest BCUT2D eigenvalue weighted by Gasteiger charge is 2.62. The molecule has 0 bridgehead atoms. The number of likely N-dealkylation sites (tertiary alicyclic amines) is 1. The van der Waals surface area contributed by atoms with Crippen LogP contribution in [0.4, 0.5) is 4.79 Å². The second-order valence-corrected chi connectivity index (χ2v) is 17.0. The molecule has 0 spiro atoms. The van der Waals surface area contributed by atoms with Gasteiger partial charge in [0, 0.05) is 23.9 Å². The number of aromatic nitrogens is 1. The Kier molecular flexibility index (Phi) is 9.96. The zero-order valence-electron chi connectivity index (χ0n) is 29.5. The third kappa shape index (κ3) is 7.92. The number of carbonyl (C=O) groups excluding carboxylic acids is 4. The number of hydrogen-bond acceptors (Lipinski definition) is 10. The van der Waals surface area contributed by atoms with Gasteiger partial charge in [-0.1, -0.05) is 18.9 Å². The summed E-state index contributed by atoms with van der Waals surface area (Å²) in [4.78, 5) is 61.1. The standard InChI is InChI=1S/C36H47N5O9S/c1-6-23-19-36(23,33(44)40-51(46,47)26-12-13-26)39-30(42)28-18-25(49-31-27-14-11-24(48-5)17-22(27)15-16-37-31)20-41(28)32(43)29(21-9-7-8-10-21)38-34(45)50-35(2,3)4/h6,11,14-17,21,23,25-26,28-29H,1,7-10,12-13,18-20H2,2-5H3,(H,38,45)(H,39,42)(H,40,44)/t23-,25-,28+,29?,36-/m1/s1. The van der Waals surface area contributed by atoms with Crippen LogP contribution in [0.2, 0.25) is 0 Å². The third-order valence-corrected chi connectivity index (χ3v) is 11.9. The van der Waals surface area contributed by atoms with Crippen LogP contribution < -0.4 is 24.8 Å². The van der Waals surface area contributed by atoms with Gasteiger partial charge in [0.1, 0.15) is 35.1 Å². The number of nitrogens with one attached hydrogen (secondary N) is 3. The Morgan fingerprint density at radius 1 is 1.10 bits per heavy atom. The van der Waals surface area contributed by atoms with Gasteiger partial charge in [-0.05, 0) is 88.4 Å². The maximum Gasteiger partial charge on any atom is 0.408 e. The molecule has 14 nitrogen and oxygen atoms in total. The highest BCUT2D eigenvalue weighted by atomic mass is 32.2. The monoisotopic (exact) mass is 725 g/mol. The number of sulfonamides is 1. The molecule has 0 radical (unpaired) electrons. The largest absolute Gasteiger partial charge is 0.497 e. The van der Waals surface area contributed by atoms with Crippen molar-refractivity contribution in [2.24, 2.45) is 11.8 Å². The van der Waals surface area contributed by atoms with Crippen LogP contribution in [0.15, 0.2) is 43.1 Å². The first-order valence-corrected chi connectivity index (χ1v) is 19.1. The summed E-state index contributed by atoms with van der Waals surface area (Å²) in [6.45, 7) is 8.96. The number of hydrogen-bond donors (Lipinski definition) is 3. The molecular weight excluding hydrogens is 678 g/mol. The van der Waals surface area contributed by atoms with Crippen LogP contribution in [0.3, 0.4) is 0 Å². The van der Waals surface area contributed by atoms with E-state index in [0.29, 0.717) is 42.7 Å². The summed E-state index contributed by atoms with van der Waals surface area (Å²) < 4.78 is 44.8. The van der Waals surface area contributed by atoms with Crippen molar-refractivity contribution in [3.05, 3.63) is 43.1 Å². The van der Waals surface area contributed by atoms with Crippen LogP contribution in [0.25, 0.3) is 10.8 Å². The summed E-state index contributed by atoms with van der Waals surface area (Å²) in [5.74, 6) is -1.67. The van der Waals surface area contributed by atoms with Crippen molar-refractivity contribution in [2.45, 2.75) is 107 Å². The number of nitrogens with zero attached hydrogens (tertiary/aromatic N) is 2. The molecule has 2 heterocycles. The van der Waals surface area contributed by atoms with Gasteiger partial charge >= 0.3 is 6.09 Å². The van der Waals surface area contributed by atoms with Gasteiger partial charge in [0.2, 0.25) is 27.7 Å². The molecule has 5 atom stereocenters. The Balaban J connectivity index is 1.29. The number of rotatable bonds is 12. The van der Waals surface area contributed by atoms with E-state index in [1.54, 1.807) is 40.1 Å². The maximum atomic E-state index is 14.6.